The molecule has 0 spiro atoms. The lowest BCUT2D eigenvalue weighted by atomic mass is 10.1. The minimum Gasteiger partial charge on any atom is -0.508 e. The molecule has 7 nitrogen and oxygen atoms in total. The van der Waals surface area contributed by atoms with Crippen LogP contribution in [-0.2, 0) is 11.2 Å². The van der Waals surface area contributed by atoms with Crippen molar-refractivity contribution in [2.75, 3.05) is 26.2 Å². The number of hydrogen-bond donors (Lipinski definition) is 4. The fourth-order valence-corrected chi connectivity index (χ4v) is 2.42. The molecule has 0 heterocycles. The van der Waals surface area contributed by atoms with Crippen LogP contribution in [-0.4, -0.2) is 48.5 Å². The molecule has 0 saturated heterocycles. The zero-order valence-corrected chi connectivity index (χ0v) is 15.0. The van der Waals surface area contributed by atoms with E-state index < -0.39 is 6.10 Å². The molecule has 0 aliphatic heterocycles. The highest BCUT2D eigenvalue weighted by atomic mass is 16.5. The number of nitrogens with two attached hydrogens (primary N) is 1. The molecule has 0 aliphatic carbocycles. The first-order valence-corrected chi connectivity index (χ1v) is 8.74. The molecule has 0 aliphatic rings. The average Bonchev–Trinajstić information content (AvgIpc) is 2.68. The number of aromatic hydroxyl groups is 1. The zero-order valence-electron chi connectivity index (χ0n) is 15.0. The summed E-state index contributed by atoms with van der Waals surface area (Å²) in [6.07, 6.45) is -0.417. The summed E-state index contributed by atoms with van der Waals surface area (Å²) in [4.78, 5) is 11.8. The lowest BCUT2D eigenvalue weighted by Crippen LogP contribution is -2.88. The fourth-order valence-electron chi connectivity index (χ4n) is 2.42. The first-order chi connectivity index (χ1) is 13.1. The summed E-state index contributed by atoms with van der Waals surface area (Å²) in [5.74, 6) is 0.541. The van der Waals surface area contributed by atoms with Crippen LogP contribution in [0.4, 0.5) is 0 Å². The smallest absolute Gasteiger partial charge is 0.224 e. The number of para-hydroxylation sites is 1. The number of phenols is 1. The number of carbonyl (C=O) groups excluding carboxylic acids is 1. The number of nitrogens with one attached hydrogen (secondary N) is 1. The lowest BCUT2D eigenvalue weighted by molar-refractivity contribution is -0.659. The van der Waals surface area contributed by atoms with Crippen LogP contribution < -0.4 is 15.4 Å². The van der Waals surface area contributed by atoms with Crippen molar-refractivity contribution in [3.05, 3.63) is 59.7 Å². The summed E-state index contributed by atoms with van der Waals surface area (Å²) >= 11 is 0. The van der Waals surface area contributed by atoms with Crippen molar-refractivity contribution in [2.45, 2.75) is 12.5 Å². The highest BCUT2D eigenvalue weighted by Crippen LogP contribution is 2.16. The van der Waals surface area contributed by atoms with E-state index in [1.807, 2.05) is 11.4 Å². The van der Waals surface area contributed by atoms with Gasteiger partial charge in [-0.25, -0.2) is 0 Å². The van der Waals surface area contributed by atoms with Crippen molar-refractivity contribution >= 4 is 5.91 Å². The van der Waals surface area contributed by atoms with E-state index in [0.717, 1.165) is 5.56 Å². The van der Waals surface area contributed by atoms with Crippen LogP contribution in [0.25, 0.3) is 0 Å². The Kier molecular flexibility index (Phi) is 8.10. The van der Waals surface area contributed by atoms with Gasteiger partial charge in [-0.2, -0.15) is 5.26 Å². The summed E-state index contributed by atoms with van der Waals surface area (Å²) in [5, 5.41) is 32.9. The van der Waals surface area contributed by atoms with E-state index in [0.29, 0.717) is 30.9 Å². The molecule has 0 bridgehead atoms. The van der Waals surface area contributed by atoms with Gasteiger partial charge >= 0.3 is 0 Å². The monoisotopic (exact) mass is 370 g/mol. The van der Waals surface area contributed by atoms with Crippen molar-refractivity contribution in [1.82, 2.24) is 5.32 Å². The molecule has 1 amide bonds. The van der Waals surface area contributed by atoms with E-state index in [2.05, 4.69) is 5.32 Å². The number of carbonyl (C=O) groups is 1. The summed E-state index contributed by atoms with van der Waals surface area (Å²) in [6, 6.07) is 15.4. The van der Waals surface area contributed by atoms with Crippen LogP contribution in [0.15, 0.2) is 48.5 Å². The summed E-state index contributed by atoms with van der Waals surface area (Å²) < 4.78 is 5.48. The summed E-state index contributed by atoms with van der Waals surface area (Å²) in [7, 11) is 0. The number of nitriles is 1. The largest absolute Gasteiger partial charge is 0.508 e. The molecule has 0 fully saturated rings. The van der Waals surface area contributed by atoms with Crippen molar-refractivity contribution in [3.63, 3.8) is 0 Å². The Balaban J connectivity index is 1.57. The van der Waals surface area contributed by atoms with Crippen molar-refractivity contribution in [2.24, 2.45) is 0 Å². The predicted octanol–water partition coefficient (Wildman–Crippen LogP) is -0.0741. The predicted molar refractivity (Wildman–Crippen MR) is 99.1 cm³/mol. The third-order valence-corrected chi connectivity index (χ3v) is 3.85. The van der Waals surface area contributed by atoms with E-state index in [9.17, 15) is 15.0 Å². The van der Waals surface area contributed by atoms with Gasteiger partial charge in [-0.05, 0) is 29.8 Å². The molecule has 27 heavy (non-hydrogen) atoms. The van der Waals surface area contributed by atoms with Crippen molar-refractivity contribution in [3.8, 4) is 17.6 Å². The molecular formula is C20H24N3O4+. The van der Waals surface area contributed by atoms with E-state index >= 15 is 0 Å². The SMILES string of the molecule is N#Cc1ccccc1OC[C@H](O)C[NH2+]CCNC(=O)Cc1ccc(O)cc1. The van der Waals surface area contributed by atoms with Gasteiger partial charge in [0, 0.05) is 0 Å². The molecule has 1 atom stereocenters. The van der Waals surface area contributed by atoms with Crippen LogP contribution in [0, 0.1) is 11.3 Å². The number of benzene rings is 2. The molecule has 7 heteroatoms. The molecule has 2 rings (SSSR count). The van der Waals surface area contributed by atoms with Crippen molar-refractivity contribution in [1.29, 1.82) is 5.26 Å². The molecule has 2 aromatic rings. The fraction of sp³-hybridized carbons (Fsp3) is 0.300. The second kappa shape index (κ2) is 10.8. The quantitative estimate of drug-likeness (QED) is 0.437. The van der Waals surface area contributed by atoms with Crippen LogP contribution in [0.3, 0.4) is 0 Å². The Morgan fingerprint density at radius 2 is 1.96 bits per heavy atom. The third-order valence-electron chi connectivity index (χ3n) is 3.85. The molecule has 0 unspecified atom stereocenters. The normalized spacial score (nSPS) is 11.4. The summed E-state index contributed by atoms with van der Waals surface area (Å²) in [5.41, 5.74) is 1.27. The Bertz CT molecular complexity index is 772. The zero-order chi connectivity index (χ0) is 19.5. The van der Waals surface area contributed by atoms with E-state index in [-0.39, 0.29) is 24.7 Å². The first kappa shape index (κ1) is 20.2. The summed E-state index contributed by atoms with van der Waals surface area (Å²) in [6.45, 7) is 1.65. The molecule has 0 aromatic heterocycles. The van der Waals surface area contributed by atoms with Gasteiger partial charge in [-0.15, -0.1) is 0 Å². The van der Waals surface area contributed by atoms with Gasteiger partial charge < -0.3 is 25.6 Å². The highest BCUT2D eigenvalue weighted by Gasteiger charge is 2.10. The number of amides is 1. The number of ether oxygens (including phenoxy) is 1. The number of aliphatic hydroxyl groups excluding tert-OH is 1. The minimum absolute atomic E-state index is 0.0916. The van der Waals surface area contributed by atoms with Crippen LogP contribution in [0.5, 0.6) is 11.5 Å². The Hall–Kier alpha value is -3.08. The standard InChI is InChI=1S/C20H23N3O4/c21-12-16-3-1-2-4-19(16)27-14-18(25)13-22-9-10-23-20(26)11-15-5-7-17(24)8-6-15/h1-8,18,22,24-25H,9-11,13-14H2,(H,23,26)/p+1/t18-/m1/s1. The lowest BCUT2D eigenvalue weighted by Gasteiger charge is -2.12. The average molecular weight is 370 g/mol. The maximum atomic E-state index is 11.8. The van der Waals surface area contributed by atoms with Crippen LogP contribution in [0.2, 0.25) is 0 Å². The highest BCUT2D eigenvalue weighted by molar-refractivity contribution is 5.78. The first-order valence-electron chi connectivity index (χ1n) is 8.74. The molecule has 0 radical (unpaired) electrons. The van der Waals surface area contributed by atoms with Crippen molar-refractivity contribution < 1.29 is 25.1 Å². The second-order valence-electron chi connectivity index (χ2n) is 6.08. The Morgan fingerprint density at radius 3 is 2.70 bits per heavy atom. The van der Waals surface area contributed by atoms with E-state index in [1.165, 1.54) is 0 Å². The number of rotatable bonds is 10. The number of hydrogen-bond acceptors (Lipinski definition) is 5. The maximum Gasteiger partial charge on any atom is 0.224 e. The van der Waals surface area contributed by atoms with Gasteiger partial charge in [0.2, 0.25) is 5.91 Å². The number of phenolic OH excluding ortho intramolecular Hbond substituents is 1. The van der Waals surface area contributed by atoms with E-state index in [4.69, 9.17) is 10.00 Å². The van der Waals surface area contributed by atoms with Gasteiger partial charge in [-0.3, -0.25) is 4.79 Å². The molecule has 0 saturated carbocycles. The molecule has 2 aromatic carbocycles. The van der Waals surface area contributed by atoms with Gasteiger partial charge in [0.1, 0.15) is 36.8 Å². The Labute approximate surface area is 158 Å². The van der Waals surface area contributed by atoms with Gasteiger partial charge in [0.25, 0.3) is 0 Å². The molecule has 142 valence electrons. The number of nitrogens with zero attached hydrogens (tertiary/aromatic N) is 1. The molecular weight excluding hydrogens is 346 g/mol. The van der Waals surface area contributed by atoms with Gasteiger partial charge in [-0.1, -0.05) is 24.3 Å². The molecule has 5 N–H and O–H groups in total. The van der Waals surface area contributed by atoms with Crippen LogP contribution >= 0.6 is 0 Å². The van der Waals surface area contributed by atoms with Gasteiger partial charge in [0.05, 0.1) is 25.1 Å². The Morgan fingerprint density at radius 1 is 1.22 bits per heavy atom. The van der Waals surface area contributed by atoms with E-state index in [1.54, 1.807) is 48.5 Å². The van der Waals surface area contributed by atoms with Gasteiger partial charge in [0.15, 0.2) is 0 Å². The maximum absolute atomic E-state index is 11.8. The van der Waals surface area contributed by atoms with Crippen LogP contribution in [0.1, 0.15) is 11.1 Å². The third kappa shape index (κ3) is 7.36. The number of quaternary nitrogens is 1. The minimum atomic E-state index is -0.676. The topological polar surface area (TPSA) is 119 Å². The second-order valence-corrected chi connectivity index (χ2v) is 6.08. The number of aliphatic hydroxyl groups is 1.